The molecule has 3 rings (SSSR count). The molecule has 1 aliphatic carbocycles. The average molecular weight is 299 g/mol. The Morgan fingerprint density at radius 1 is 1.50 bits per heavy atom. The summed E-state index contributed by atoms with van der Waals surface area (Å²) < 4.78 is 26.5. The van der Waals surface area contributed by atoms with Gasteiger partial charge in [-0.3, -0.25) is 9.89 Å². The number of aryl methyl sites for hydroxylation is 1. The molecule has 0 spiro atoms. The number of hydrogen-bond acceptors (Lipinski definition) is 4. The molecule has 2 N–H and O–H groups in total. The van der Waals surface area contributed by atoms with E-state index >= 15 is 0 Å². The third-order valence-electron chi connectivity index (χ3n) is 4.47. The van der Waals surface area contributed by atoms with Gasteiger partial charge in [0.05, 0.1) is 11.9 Å². The quantitative estimate of drug-likeness (QED) is 0.850. The summed E-state index contributed by atoms with van der Waals surface area (Å²) >= 11 is 0. The van der Waals surface area contributed by atoms with Crippen molar-refractivity contribution in [1.29, 1.82) is 0 Å². The van der Waals surface area contributed by atoms with Crippen LogP contribution in [0.5, 0.6) is 0 Å². The number of hydrogen-bond donors (Lipinski definition) is 2. The molecule has 0 radical (unpaired) electrons. The summed E-state index contributed by atoms with van der Waals surface area (Å²) in [6.45, 7) is 1.92. The molecule has 1 saturated carbocycles. The highest BCUT2D eigenvalue weighted by molar-refractivity contribution is 7.89. The van der Waals surface area contributed by atoms with E-state index in [-0.39, 0.29) is 16.7 Å². The molecule has 0 amide bonds. The van der Waals surface area contributed by atoms with E-state index in [1.54, 1.807) is 6.92 Å². The first-order chi connectivity index (χ1) is 9.43. The molecule has 2 heterocycles. The van der Waals surface area contributed by atoms with E-state index in [4.69, 9.17) is 0 Å². The maximum atomic E-state index is 12.7. The topological polar surface area (TPSA) is 103 Å². The first-order valence-electron chi connectivity index (χ1n) is 6.67. The van der Waals surface area contributed by atoms with Crippen LogP contribution in [0.25, 0.3) is 0 Å². The summed E-state index contributed by atoms with van der Waals surface area (Å²) in [5.74, 6) is -0.948. The number of nitrogens with zero attached hydrogens (tertiary/aromatic N) is 2. The third-order valence-corrected chi connectivity index (χ3v) is 6.43. The van der Waals surface area contributed by atoms with Crippen LogP contribution in [0, 0.1) is 18.8 Å². The predicted octanol–water partition coefficient (Wildman–Crippen LogP) is 0.592. The van der Waals surface area contributed by atoms with E-state index in [9.17, 15) is 18.3 Å². The number of H-pyrrole nitrogens is 1. The van der Waals surface area contributed by atoms with Gasteiger partial charge >= 0.3 is 5.97 Å². The predicted molar refractivity (Wildman–Crippen MR) is 69.5 cm³/mol. The van der Waals surface area contributed by atoms with Crippen LogP contribution in [0.15, 0.2) is 11.1 Å². The zero-order chi connectivity index (χ0) is 14.5. The van der Waals surface area contributed by atoms with E-state index in [1.807, 2.05) is 0 Å². The van der Waals surface area contributed by atoms with Crippen molar-refractivity contribution in [3.8, 4) is 0 Å². The van der Waals surface area contributed by atoms with Gasteiger partial charge in [0.1, 0.15) is 10.9 Å². The molecule has 0 aromatic carbocycles. The van der Waals surface area contributed by atoms with Crippen LogP contribution in [0.4, 0.5) is 0 Å². The van der Waals surface area contributed by atoms with Gasteiger partial charge in [-0.25, -0.2) is 8.42 Å². The summed E-state index contributed by atoms with van der Waals surface area (Å²) in [6, 6.07) is -0.943. The molecular weight excluding hydrogens is 282 g/mol. The minimum absolute atomic E-state index is 0.0607. The summed E-state index contributed by atoms with van der Waals surface area (Å²) in [5, 5.41) is 15.7. The van der Waals surface area contributed by atoms with Crippen molar-refractivity contribution >= 4 is 16.0 Å². The molecule has 8 heteroatoms. The van der Waals surface area contributed by atoms with Crippen LogP contribution in [0.3, 0.4) is 0 Å². The zero-order valence-corrected chi connectivity index (χ0v) is 11.9. The molecule has 2 aliphatic rings. The number of rotatable bonds is 3. The third kappa shape index (κ3) is 1.86. The van der Waals surface area contributed by atoms with E-state index in [0.717, 1.165) is 23.6 Å². The molecule has 20 heavy (non-hydrogen) atoms. The molecule has 3 unspecified atom stereocenters. The molecular formula is C12H17N3O4S. The Kier molecular flexibility index (Phi) is 3.09. The number of nitrogens with one attached hydrogen (secondary N) is 1. The van der Waals surface area contributed by atoms with Crippen LogP contribution < -0.4 is 0 Å². The van der Waals surface area contributed by atoms with E-state index in [0.29, 0.717) is 12.2 Å². The Hall–Kier alpha value is -1.41. The number of carboxylic acids is 1. The van der Waals surface area contributed by atoms with Gasteiger partial charge in [0.25, 0.3) is 0 Å². The first-order valence-corrected chi connectivity index (χ1v) is 8.11. The van der Waals surface area contributed by atoms with E-state index < -0.39 is 22.0 Å². The lowest BCUT2D eigenvalue weighted by Crippen LogP contribution is -2.43. The summed E-state index contributed by atoms with van der Waals surface area (Å²) in [7, 11) is -3.80. The van der Waals surface area contributed by atoms with Crippen molar-refractivity contribution in [2.45, 2.75) is 37.1 Å². The van der Waals surface area contributed by atoms with Gasteiger partial charge in [-0.05, 0) is 31.6 Å². The lowest BCUT2D eigenvalue weighted by atomic mass is 9.94. The van der Waals surface area contributed by atoms with Gasteiger partial charge in [-0.1, -0.05) is 6.42 Å². The smallest absolute Gasteiger partial charge is 0.322 e. The maximum Gasteiger partial charge on any atom is 0.322 e. The molecule has 110 valence electrons. The van der Waals surface area contributed by atoms with Crippen molar-refractivity contribution in [3.05, 3.63) is 11.9 Å². The van der Waals surface area contributed by atoms with Crippen molar-refractivity contribution in [2.24, 2.45) is 11.8 Å². The first kappa shape index (κ1) is 13.6. The van der Waals surface area contributed by atoms with Gasteiger partial charge in [-0.2, -0.15) is 9.40 Å². The summed E-state index contributed by atoms with van der Waals surface area (Å²) in [4.78, 5) is 11.6. The second kappa shape index (κ2) is 4.56. The summed E-state index contributed by atoms with van der Waals surface area (Å²) in [6.07, 6.45) is 3.93. The monoisotopic (exact) mass is 299 g/mol. The minimum Gasteiger partial charge on any atom is -0.480 e. The molecule has 0 bridgehead atoms. The average Bonchev–Trinajstić information content (AvgIpc) is 3.00. The molecule has 1 aromatic rings. The fourth-order valence-corrected chi connectivity index (χ4v) is 5.35. The lowest BCUT2D eigenvalue weighted by molar-refractivity contribution is -0.142. The molecule has 1 saturated heterocycles. The van der Waals surface area contributed by atoms with Crippen LogP contribution in [-0.2, 0) is 14.8 Å². The number of carbonyl (C=O) groups is 1. The van der Waals surface area contributed by atoms with Crippen molar-refractivity contribution in [1.82, 2.24) is 14.5 Å². The number of fused-ring (bicyclic) bond motifs is 1. The molecule has 7 nitrogen and oxygen atoms in total. The minimum atomic E-state index is -3.80. The second-order valence-electron chi connectivity index (χ2n) is 5.57. The number of carboxylic acid groups (broad SMARTS) is 1. The highest BCUT2D eigenvalue weighted by atomic mass is 32.2. The maximum absolute atomic E-state index is 12.7. The highest BCUT2D eigenvalue weighted by Crippen LogP contribution is 2.44. The Bertz CT molecular complexity index is 639. The normalized spacial score (nSPS) is 30.6. The molecule has 1 aliphatic heterocycles. The zero-order valence-electron chi connectivity index (χ0n) is 11.1. The van der Waals surface area contributed by atoms with Gasteiger partial charge in [0.15, 0.2) is 0 Å². The standard InChI is InChI=1S/C12H17N3O4S/c1-7-10(5-13-14-7)20(18,19)15-6-8-3-2-4-9(8)11(15)12(16)17/h5,8-9,11H,2-4,6H2,1H3,(H,13,14)(H,16,17). The van der Waals surface area contributed by atoms with Crippen LogP contribution in [-0.4, -0.2) is 46.6 Å². The van der Waals surface area contributed by atoms with Gasteiger partial charge in [0.2, 0.25) is 10.0 Å². The Morgan fingerprint density at radius 2 is 2.25 bits per heavy atom. The van der Waals surface area contributed by atoms with Crippen LogP contribution >= 0.6 is 0 Å². The largest absolute Gasteiger partial charge is 0.480 e. The SMILES string of the molecule is Cc1[nH]ncc1S(=O)(=O)N1CC2CCCC2C1C(=O)O. The van der Waals surface area contributed by atoms with Crippen LogP contribution in [0.1, 0.15) is 25.0 Å². The van der Waals surface area contributed by atoms with E-state index in [1.165, 1.54) is 6.20 Å². The fraction of sp³-hybridized carbons (Fsp3) is 0.667. The number of aromatic amines is 1. The van der Waals surface area contributed by atoms with Crippen LogP contribution in [0.2, 0.25) is 0 Å². The Labute approximate surface area is 117 Å². The Balaban J connectivity index is 2.01. The fourth-order valence-electron chi connectivity index (χ4n) is 3.55. The molecule has 2 fully saturated rings. The highest BCUT2D eigenvalue weighted by Gasteiger charge is 2.52. The Morgan fingerprint density at radius 3 is 2.85 bits per heavy atom. The number of aromatic nitrogens is 2. The van der Waals surface area contributed by atoms with E-state index in [2.05, 4.69) is 10.2 Å². The van der Waals surface area contributed by atoms with Crippen molar-refractivity contribution in [3.63, 3.8) is 0 Å². The lowest BCUT2D eigenvalue weighted by Gasteiger charge is -2.23. The summed E-state index contributed by atoms with van der Waals surface area (Å²) in [5.41, 5.74) is 0.436. The van der Waals surface area contributed by atoms with Gasteiger partial charge in [-0.15, -0.1) is 0 Å². The van der Waals surface area contributed by atoms with Gasteiger partial charge < -0.3 is 5.11 Å². The van der Waals surface area contributed by atoms with Crippen molar-refractivity contribution < 1.29 is 18.3 Å². The number of aliphatic carboxylic acids is 1. The molecule has 1 aromatic heterocycles. The molecule has 3 atom stereocenters. The van der Waals surface area contributed by atoms with Gasteiger partial charge in [0, 0.05) is 6.54 Å². The second-order valence-corrected chi connectivity index (χ2v) is 7.43. The van der Waals surface area contributed by atoms with Crippen molar-refractivity contribution in [2.75, 3.05) is 6.54 Å². The number of sulfonamides is 1.